The number of nitrogens with two attached hydrogens (primary N) is 1. The molecule has 4 atom stereocenters. The number of carboxylic acids is 1. The molecule has 0 radical (unpaired) electrons. The summed E-state index contributed by atoms with van der Waals surface area (Å²) in [4.78, 5) is 37.2. The van der Waals surface area contributed by atoms with Crippen molar-refractivity contribution in [1.82, 2.24) is 0 Å². The first kappa shape index (κ1) is 18.6. The molecule has 1 aromatic heterocycles. The number of ether oxygens (including phenoxy) is 1. The summed E-state index contributed by atoms with van der Waals surface area (Å²) in [7, 11) is 0. The van der Waals surface area contributed by atoms with E-state index in [-0.39, 0.29) is 5.56 Å². The van der Waals surface area contributed by atoms with E-state index >= 15 is 0 Å². The predicted molar refractivity (Wildman–Crippen MR) is 103 cm³/mol. The van der Waals surface area contributed by atoms with Crippen LogP contribution in [0.25, 0.3) is 0 Å². The number of anilines is 1. The number of hydrogen-bond donors (Lipinski definition) is 3. The van der Waals surface area contributed by atoms with Crippen LogP contribution in [0.15, 0.2) is 36.4 Å². The molecule has 2 fully saturated rings. The standard InChI is InChI=1S/C20H20N2O5S/c21-17(23)12-9-11(8-10-4-2-1-3-5-10)28-19(12)22-18(24)15-13-6-7-14(27-13)16(15)20(25)26/h1-5,9,13-16H,6-8H2,(H2,21,23)(H,22,24)(H,25,26)/t13-,14-,15-,16-/m0/s1. The number of carbonyl (C=O) groups is 3. The molecule has 3 heterocycles. The first-order valence-electron chi connectivity index (χ1n) is 9.09. The molecule has 2 aliphatic rings. The fourth-order valence-corrected chi connectivity index (χ4v) is 5.22. The van der Waals surface area contributed by atoms with Crippen LogP contribution in [0.4, 0.5) is 5.00 Å². The quantitative estimate of drug-likeness (QED) is 0.687. The minimum absolute atomic E-state index is 0.236. The summed E-state index contributed by atoms with van der Waals surface area (Å²) < 4.78 is 5.65. The fraction of sp³-hybridized carbons (Fsp3) is 0.350. The van der Waals surface area contributed by atoms with Gasteiger partial charge in [-0.05, 0) is 24.5 Å². The zero-order valence-electron chi connectivity index (χ0n) is 15.0. The molecule has 8 heteroatoms. The molecule has 0 unspecified atom stereocenters. The number of carboxylic acid groups (broad SMARTS) is 1. The molecule has 2 bridgehead atoms. The first-order chi connectivity index (χ1) is 13.4. The van der Waals surface area contributed by atoms with Crippen LogP contribution in [0.5, 0.6) is 0 Å². The van der Waals surface area contributed by atoms with Crippen molar-refractivity contribution in [1.29, 1.82) is 0 Å². The third-order valence-corrected chi connectivity index (χ3v) is 6.42. The van der Waals surface area contributed by atoms with E-state index in [2.05, 4.69) is 5.32 Å². The lowest BCUT2D eigenvalue weighted by molar-refractivity contribution is -0.147. The van der Waals surface area contributed by atoms with Gasteiger partial charge in [0.2, 0.25) is 5.91 Å². The zero-order chi connectivity index (χ0) is 19.8. The Kier molecular flexibility index (Phi) is 4.91. The maximum Gasteiger partial charge on any atom is 0.310 e. The summed E-state index contributed by atoms with van der Waals surface area (Å²) in [6.07, 6.45) is 1.10. The largest absolute Gasteiger partial charge is 0.481 e. The van der Waals surface area contributed by atoms with E-state index in [0.29, 0.717) is 24.3 Å². The van der Waals surface area contributed by atoms with E-state index in [1.165, 1.54) is 11.3 Å². The summed E-state index contributed by atoms with van der Waals surface area (Å²) in [6.45, 7) is 0. The second-order valence-electron chi connectivity index (χ2n) is 7.15. The third kappa shape index (κ3) is 3.41. The van der Waals surface area contributed by atoms with Crippen LogP contribution < -0.4 is 11.1 Å². The molecule has 146 valence electrons. The monoisotopic (exact) mass is 400 g/mol. The van der Waals surface area contributed by atoms with Crippen molar-refractivity contribution in [3.05, 3.63) is 52.4 Å². The lowest BCUT2D eigenvalue weighted by atomic mass is 9.79. The summed E-state index contributed by atoms with van der Waals surface area (Å²) in [5, 5.41) is 12.6. The van der Waals surface area contributed by atoms with Crippen LogP contribution in [-0.2, 0) is 20.7 Å². The number of benzene rings is 1. The van der Waals surface area contributed by atoms with Crippen molar-refractivity contribution < 1.29 is 24.2 Å². The molecule has 4 N–H and O–H groups in total. The zero-order valence-corrected chi connectivity index (χ0v) is 15.8. The van der Waals surface area contributed by atoms with Crippen LogP contribution in [0, 0.1) is 11.8 Å². The van der Waals surface area contributed by atoms with E-state index in [9.17, 15) is 19.5 Å². The third-order valence-electron chi connectivity index (χ3n) is 5.37. The highest BCUT2D eigenvalue weighted by molar-refractivity contribution is 7.16. The number of carbonyl (C=O) groups excluding carboxylic acids is 2. The Bertz CT molecular complexity index is 926. The van der Waals surface area contributed by atoms with Crippen LogP contribution in [0.2, 0.25) is 0 Å². The Morgan fingerprint density at radius 3 is 2.46 bits per heavy atom. The van der Waals surface area contributed by atoms with Gasteiger partial charge in [-0.15, -0.1) is 11.3 Å². The number of rotatable bonds is 6. The highest BCUT2D eigenvalue weighted by atomic mass is 32.1. The van der Waals surface area contributed by atoms with Crippen LogP contribution >= 0.6 is 11.3 Å². The van der Waals surface area contributed by atoms with Gasteiger partial charge in [0.15, 0.2) is 0 Å². The fourth-order valence-electron chi connectivity index (χ4n) is 4.12. The van der Waals surface area contributed by atoms with Gasteiger partial charge >= 0.3 is 5.97 Å². The lowest BCUT2D eigenvalue weighted by Crippen LogP contribution is -2.41. The molecule has 4 rings (SSSR count). The topological polar surface area (TPSA) is 119 Å². The SMILES string of the molecule is NC(=O)c1cc(Cc2ccccc2)sc1NC(=O)[C@@H]1[C@@H](C(=O)O)[C@@H]2CC[C@@H]1O2. The molecule has 28 heavy (non-hydrogen) atoms. The Morgan fingerprint density at radius 1 is 1.14 bits per heavy atom. The summed E-state index contributed by atoms with van der Waals surface area (Å²) in [5.74, 6) is -3.73. The van der Waals surface area contributed by atoms with Crippen LogP contribution in [0.1, 0.15) is 33.6 Å². The number of nitrogens with one attached hydrogen (secondary N) is 1. The number of thiophene rings is 1. The number of fused-ring (bicyclic) bond motifs is 2. The van der Waals surface area contributed by atoms with Crippen molar-refractivity contribution in [3.63, 3.8) is 0 Å². The van der Waals surface area contributed by atoms with Gasteiger partial charge in [-0.2, -0.15) is 0 Å². The average molecular weight is 400 g/mol. The van der Waals surface area contributed by atoms with Gasteiger partial charge in [0, 0.05) is 11.3 Å². The molecule has 0 aliphatic carbocycles. The average Bonchev–Trinajstić information content (AvgIpc) is 3.36. The Balaban J connectivity index is 1.56. The van der Waals surface area contributed by atoms with Crippen molar-refractivity contribution >= 4 is 34.1 Å². The van der Waals surface area contributed by atoms with Crippen molar-refractivity contribution in [3.8, 4) is 0 Å². The van der Waals surface area contributed by atoms with Gasteiger partial charge in [-0.25, -0.2) is 0 Å². The summed E-state index contributed by atoms with van der Waals surface area (Å²) >= 11 is 1.28. The van der Waals surface area contributed by atoms with Gasteiger partial charge in [-0.1, -0.05) is 30.3 Å². The summed E-state index contributed by atoms with van der Waals surface area (Å²) in [6, 6.07) is 11.4. The second kappa shape index (κ2) is 7.37. The number of aliphatic carboxylic acids is 1. The maximum atomic E-state index is 12.9. The van der Waals surface area contributed by atoms with Gasteiger partial charge < -0.3 is 20.9 Å². The Morgan fingerprint density at radius 2 is 1.82 bits per heavy atom. The Labute approximate surface area is 165 Å². The molecule has 7 nitrogen and oxygen atoms in total. The smallest absolute Gasteiger partial charge is 0.310 e. The van der Waals surface area contributed by atoms with Crippen molar-refractivity contribution in [2.24, 2.45) is 17.6 Å². The maximum absolute atomic E-state index is 12.9. The van der Waals surface area contributed by atoms with E-state index in [0.717, 1.165) is 10.4 Å². The van der Waals surface area contributed by atoms with E-state index in [1.54, 1.807) is 6.07 Å². The lowest BCUT2D eigenvalue weighted by Gasteiger charge is -2.23. The molecule has 0 saturated carbocycles. The second-order valence-corrected chi connectivity index (χ2v) is 8.29. The number of amides is 2. The van der Waals surface area contributed by atoms with Crippen molar-refractivity contribution in [2.45, 2.75) is 31.5 Å². The van der Waals surface area contributed by atoms with Crippen LogP contribution in [-0.4, -0.2) is 35.1 Å². The number of primary amides is 1. The van der Waals surface area contributed by atoms with E-state index < -0.39 is 41.8 Å². The molecule has 2 saturated heterocycles. The predicted octanol–water partition coefficient (Wildman–Crippen LogP) is 2.25. The molecular formula is C20H20N2O5S. The molecule has 2 amide bonds. The van der Waals surface area contributed by atoms with E-state index in [1.807, 2.05) is 30.3 Å². The first-order valence-corrected chi connectivity index (χ1v) is 9.91. The Hall–Kier alpha value is -2.71. The van der Waals surface area contributed by atoms with Crippen molar-refractivity contribution in [2.75, 3.05) is 5.32 Å². The van der Waals surface area contributed by atoms with Gasteiger partial charge in [0.25, 0.3) is 5.91 Å². The molecule has 2 aromatic rings. The minimum Gasteiger partial charge on any atom is -0.481 e. The normalized spacial score (nSPS) is 25.6. The minimum atomic E-state index is -1.03. The van der Waals surface area contributed by atoms with Gasteiger partial charge in [0.1, 0.15) is 5.00 Å². The highest BCUT2D eigenvalue weighted by Crippen LogP contribution is 2.44. The molecule has 2 aliphatic heterocycles. The van der Waals surface area contributed by atoms with Gasteiger partial charge in [0.05, 0.1) is 29.6 Å². The van der Waals surface area contributed by atoms with E-state index in [4.69, 9.17) is 10.5 Å². The molecular weight excluding hydrogens is 380 g/mol. The molecule has 0 spiro atoms. The highest BCUT2D eigenvalue weighted by Gasteiger charge is 2.55. The number of hydrogen-bond acceptors (Lipinski definition) is 5. The van der Waals surface area contributed by atoms with Crippen LogP contribution in [0.3, 0.4) is 0 Å². The van der Waals surface area contributed by atoms with Gasteiger partial charge in [-0.3, -0.25) is 14.4 Å². The molecule has 1 aromatic carbocycles. The summed E-state index contributed by atoms with van der Waals surface area (Å²) in [5.41, 5.74) is 6.79.